The molecule has 0 spiro atoms. The van der Waals surface area contributed by atoms with E-state index in [1.165, 1.54) is 0 Å². The summed E-state index contributed by atoms with van der Waals surface area (Å²) >= 11 is 9.78. The Labute approximate surface area is 114 Å². The minimum absolute atomic E-state index is 0.0532. The van der Waals surface area contributed by atoms with Crippen LogP contribution < -0.4 is 0 Å². The first-order valence-electron chi connectivity index (χ1n) is 5.31. The van der Waals surface area contributed by atoms with Crippen molar-refractivity contribution in [2.45, 2.75) is 20.0 Å². The Balaban J connectivity index is 2.78. The molecule has 1 aromatic carbocycles. The SMILES string of the molecule is CO[C@H](C)c1nc2c(Cl)c(Br)c(C)cc2n1C. The molecule has 1 atom stereocenters. The maximum Gasteiger partial charge on any atom is 0.138 e. The van der Waals surface area contributed by atoms with E-state index >= 15 is 0 Å². The molecule has 0 bridgehead atoms. The number of nitrogens with zero attached hydrogens (tertiary/aromatic N) is 2. The molecule has 0 saturated carbocycles. The Kier molecular flexibility index (Phi) is 3.48. The Morgan fingerprint density at radius 2 is 2.18 bits per heavy atom. The Morgan fingerprint density at radius 3 is 2.76 bits per heavy atom. The van der Waals surface area contributed by atoms with Crippen LogP contribution in [-0.4, -0.2) is 16.7 Å². The van der Waals surface area contributed by atoms with Crippen molar-refractivity contribution in [3.63, 3.8) is 0 Å². The van der Waals surface area contributed by atoms with Crippen LogP contribution in [0.4, 0.5) is 0 Å². The topological polar surface area (TPSA) is 27.1 Å². The van der Waals surface area contributed by atoms with E-state index in [0.717, 1.165) is 26.9 Å². The van der Waals surface area contributed by atoms with Gasteiger partial charge in [-0.05, 0) is 41.4 Å². The van der Waals surface area contributed by atoms with E-state index in [2.05, 4.69) is 27.0 Å². The molecule has 1 heterocycles. The number of hydrogen-bond acceptors (Lipinski definition) is 2. The van der Waals surface area contributed by atoms with E-state index in [4.69, 9.17) is 16.3 Å². The van der Waals surface area contributed by atoms with Gasteiger partial charge in [0.1, 0.15) is 17.4 Å². The van der Waals surface area contributed by atoms with Crippen molar-refractivity contribution in [2.24, 2.45) is 7.05 Å². The fourth-order valence-corrected chi connectivity index (χ4v) is 2.46. The molecule has 0 aliphatic carbocycles. The lowest BCUT2D eigenvalue weighted by Crippen LogP contribution is -2.04. The zero-order valence-electron chi connectivity index (χ0n) is 10.2. The number of hydrogen-bond donors (Lipinski definition) is 0. The number of ether oxygens (including phenoxy) is 1. The van der Waals surface area contributed by atoms with Crippen molar-refractivity contribution < 1.29 is 4.74 Å². The third-order valence-electron chi connectivity index (χ3n) is 2.99. The van der Waals surface area contributed by atoms with Crippen LogP contribution in [-0.2, 0) is 11.8 Å². The molecule has 0 aliphatic heterocycles. The molecule has 0 radical (unpaired) electrons. The first kappa shape index (κ1) is 12.9. The second kappa shape index (κ2) is 4.59. The van der Waals surface area contributed by atoms with Crippen LogP contribution in [0, 0.1) is 6.92 Å². The monoisotopic (exact) mass is 316 g/mol. The van der Waals surface area contributed by atoms with E-state index in [1.807, 2.05) is 25.5 Å². The number of halogens is 2. The normalized spacial score (nSPS) is 13.3. The summed E-state index contributed by atoms with van der Waals surface area (Å²) in [6, 6.07) is 2.07. The lowest BCUT2D eigenvalue weighted by atomic mass is 10.2. The highest BCUT2D eigenvalue weighted by Crippen LogP contribution is 2.34. The van der Waals surface area contributed by atoms with Crippen molar-refractivity contribution in [1.29, 1.82) is 0 Å². The number of imidazole rings is 1. The van der Waals surface area contributed by atoms with Crippen LogP contribution in [0.2, 0.25) is 5.02 Å². The third kappa shape index (κ3) is 1.98. The van der Waals surface area contributed by atoms with E-state index < -0.39 is 0 Å². The van der Waals surface area contributed by atoms with Crippen LogP contribution in [0.1, 0.15) is 24.4 Å². The van der Waals surface area contributed by atoms with Crippen molar-refractivity contribution in [1.82, 2.24) is 9.55 Å². The minimum atomic E-state index is -0.0532. The average Bonchev–Trinajstić information content (AvgIpc) is 2.64. The molecular formula is C12H14BrClN2O. The average molecular weight is 318 g/mol. The molecule has 0 unspecified atom stereocenters. The van der Waals surface area contributed by atoms with Gasteiger partial charge in [-0.15, -0.1) is 0 Å². The molecule has 0 fully saturated rings. The number of benzene rings is 1. The van der Waals surface area contributed by atoms with Gasteiger partial charge in [-0.25, -0.2) is 4.98 Å². The highest BCUT2D eigenvalue weighted by molar-refractivity contribution is 9.10. The molecule has 0 saturated heterocycles. The number of aromatic nitrogens is 2. The fraction of sp³-hybridized carbons (Fsp3) is 0.417. The van der Waals surface area contributed by atoms with Crippen LogP contribution in [0.25, 0.3) is 11.0 Å². The Hall–Kier alpha value is -0.580. The number of rotatable bonds is 2. The first-order chi connectivity index (χ1) is 7.97. The molecule has 1 aromatic heterocycles. The second-order valence-electron chi connectivity index (χ2n) is 4.10. The summed E-state index contributed by atoms with van der Waals surface area (Å²) in [7, 11) is 3.65. The zero-order valence-corrected chi connectivity index (χ0v) is 12.6. The number of methoxy groups -OCH3 is 1. The van der Waals surface area contributed by atoms with Gasteiger partial charge in [0.2, 0.25) is 0 Å². The minimum Gasteiger partial charge on any atom is -0.374 e. The molecule has 0 amide bonds. The zero-order chi connectivity index (χ0) is 12.7. The molecule has 0 aliphatic rings. The standard InChI is InChI=1S/C12H14BrClN2O/c1-6-5-8-11(10(14)9(6)13)15-12(16(8)3)7(2)17-4/h5,7H,1-4H3/t7-/m1/s1. The van der Waals surface area contributed by atoms with E-state index in [1.54, 1.807) is 7.11 Å². The summed E-state index contributed by atoms with van der Waals surface area (Å²) in [4.78, 5) is 4.56. The van der Waals surface area contributed by atoms with Gasteiger partial charge in [-0.3, -0.25) is 0 Å². The fourth-order valence-electron chi connectivity index (χ4n) is 1.87. The smallest absolute Gasteiger partial charge is 0.138 e. The lowest BCUT2D eigenvalue weighted by molar-refractivity contribution is 0.110. The second-order valence-corrected chi connectivity index (χ2v) is 5.27. The Bertz CT molecular complexity index is 580. The summed E-state index contributed by atoms with van der Waals surface area (Å²) in [6.07, 6.45) is -0.0532. The highest BCUT2D eigenvalue weighted by Gasteiger charge is 2.17. The van der Waals surface area contributed by atoms with Crippen LogP contribution in [0.3, 0.4) is 0 Å². The van der Waals surface area contributed by atoms with Gasteiger partial charge in [-0.1, -0.05) is 11.6 Å². The third-order valence-corrected chi connectivity index (χ3v) is 4.61. The largest absolute Gasteiger partial charge is 0.374 e. The van der Waals surface area contributed by atoms with Crippen LogP contribution >= 0.6 is 27.5 Å². The molecule has 92 valence electrons. The van der Waals surface area contributed by atoms with E-state index in [-0.39, 0.29) is 6.10 Å². The maximum absolute atomic E-state index is 6.30. The van der Waals surface area contributed by atoms with Gasteiger partial charge >= 0.3 is 0 Å². The molecule has 17 heavy (non-hydrogen) atoms. The summed E-state index contributed by atoms with van der Waals surface area (Å²) in [5.74, 6) is 0.877. The van der Waals surface area contributed by atoms with Gasteiger partial charge in [0, 0.05) is 18.6 Å². The van der Waals surface area contributed by atoms with Gasteiger partial charge in [-0.2, -0.15) is 0 Å². The number of aryl methyl sites for hydroxylation is 2. The van der Waals surface area contributed by atoms with Crippen LogP contribution in [0.5, 0.6) is 0 Å². The van der Waals surface area contributed by atoms with Gasteiger partial charge in [0.15, 0.2) is 0 Å². The summed E-state index contributed by atoms with van der Waals surface area (Å²) in [5.41, 5.74) is 2.93. The van der Waals surface area contributed by atoms with Gasteiger partial charge in [0.05, 0.1) is 10.5 Å². The van der Waals surface area contributed by atoms with E-state index in [0.29, 0.717) is 5.02 Å². The highest BCUT2D eigenvalue weighted by atomic mass is 79.9. The van der Waals surface area contributed by atoms with Crippen molar-refractivity contribution in [3.05, 3.63) is 26.9 Å². The summed E-state index contributed by atoms with van der Waals surface area (Å²) < 4.78 is 8.24. The maximum atomic E-state index is 6.30. The summed E-state index contributed by atoms with van der Waals surface area (Å²) in [5, 5.41) is 0.658. The van der Waals surface area contributed by atoms with Gasteiger partial charge in [0.25, 0.3) is 0 Å². The summed E-state index contributed by atoms with van der Waals surface area (Å²) in [6.45, 7) is 3.98. The quantitative estimate of drug-likeness (QED) is 0.837. The number of fused-ring (bicyclic) bond motifs is 1. The molecule has 0 N–H and O–H groups in total. The molecular weight excluding hydrogens is 304 g/mol. The molecule has 3 nitrogen and oxygen atoms in total. The van der Waals surface area contributed by atoms with Gasteiger partial charge < -0.3 is 9.30 Å². The van der Waals surface area contributed by atoms with E-state index in [9.17, 15) is 0 Å². The molecule has 2 aromatic rings. The predicted molar refractivity (Wildman–Crippen MR) is 73.6 cm³/mol. The predicted octanol–water partition coefficient (Wildman–Crippen LogP) is 4.01. The molecule has 2 rings (SSSR count). The Morgan fingerprint density at radius 1 is 1.53 bits per heavy atom. The van der Waals surface area contributed by atoms with Crippen molar-refractivity contribution in [2.75, 3.05) is 7.11 Å². The lowest BCUT2D eigenvalue weighted by Gasteiger charge is -2.09. The van der Waals surface area contributed by atoms with Crippen LogP contribution in [0.15, 0.2) is 10.5 Å². The van der Waals surface area contributed by atoms with Crippen molar-refractivity contribution >= 4 is 38.6 Å². The van der Waals surface area contributed by atoms with Crippen molar-refractivity contribution in [3.8, 4) is 0 Å². The first-order valence-corrected chi connectivity index (χ1v) is 6.48. The molecule has 5 heteroatoms.